The number of carboxylic acids is 1. The summed E-state index contributed by atoms with van der Waals surface area (Å²) in [4.78, 5) is 23.1. The van der Waals surface area contributed by atoms with Gasteiger partial charge >= 0.3 is 12.1 Å². The Morgan fingerprint density at radius 3 is 1.72 bits per heavy atom. The third-order valence-corrected chi connectivity index (χ3v) is 6.93. The molecule has 0 bridgehead atoms. The van der Waals surface area contributed by atoms with Crippen molar-refractivity contribution in [2.24, 2.45) is 0 Å². The van der Waals surface area contributed by atoms with Crippen molar-refractivity contribution < 1.29 is 19.4 Å². The van der Waals surface area contributed by atoms with E-state index in [-0.39, 0.29) is 11.8 Å². The normalized spacial score (nSPS) is 18.5. The van der Waals surface area contributed by atoms with Crippen molar-refractivity contribution in [1.29, 1.82) is 0 Å². The Balaban J connectivity index is 0.000000293. The highest BCUT2D eigenvalue weighted by Crippen LogP contribution is 2.23. The van der Waals surface area contributed by atoms with Crippen LogP contribution in [0.2, 0.25) is 0 Å². The van der Waals surface area contributed by atoms with Gasteiger partial charge in [-0.3, -0.25) is 0 Å². The Bertz CT molecular complexity index is 780. The summed E-state index contributed by atoms with van der Waals surface area (Å²) in [6.07, 6.45) is 14.0. The molecular formula is C30H50N2O4. The first-order valence-electron chi connectivity index (χ1n) is 13.9. The third kappa shape index (κ3) is 11.8. The lowest BCUT2D eigenvalue weighted by molar-refractivity contribution is -0.139. The van der Waals surface area contributed by atoms with E-state index in [1.807, 2.05) is 24.3 Å². The van der Waals surface area contributed by atoms with E-state index in [2.05, 4.69) is 31.4 Å². The molecule has 204 valence electrons. The number of carbonyl (C=O) groups is 2. The van der Waals surface area contributed by atoms with Gasteiger partial charge in [0.15, 0.2) is 0 Å². The number of carbonyl (C=O) groups excluding carboxylic acids is 1. The second kappa shape index (κ2) is 14.0. The molecule has 0 aromatic heterocycles. The fraction of sp³-hybridized carbons (Fsp3) is 0.733. The molecule has 3 N–H and O–H groups in total. The molecule has 2 aliphatic rings. The van der Waals surface area contributed by atoms with Crippen LogP contribution >= 0.6 is 0 Å². The topological polar surface area (TPSA) is 87.7 Å². The van der Waals surface area contributed by atoms with Crippen LogP contribution in [0.4, 0.5) is 4.79 Å². The Kier molecular flexibility index (Phi) is 11.7. The van der Waals surface area contributed by atoms with Crippen molar-refractivity contribution in [3.05, 3.63) is 35.4 Å². The number of hydrogen-bond acceptors (Lipinski definition) is 4. The van der Waals surface area contributed by atoms with Crippen LogP contribution in [0.1, 0.15) is 117 Å². The SMILES string of the molecule is C1CCC(NC2CCCCC2)CC1.CC(C)(C)OC(=O)N[C@@H](Cc1ccc(C(C)(C)C)cc1)C(=O)O. The zero-order valence-electron chi connectivity index (χ0n) is 23.5. The van der Waals surface area contributed by atoms with Gasteiger partial charge in [-0.1, -0.05) is 83.6 Å². The molecule has 2 aliphatic carbocycles. The predicted molar refractivity (Wildman–Crippen MR) is 147 cm³/mol. The van der Waals surface area contributed by atoms with Crippen LogP contribution in [-0.4, -0.2) is 40.9 Å². The van der Waals surface area contributed by atoms with Crippen molar-refractivity contribution in [3.8, 4) is 0 Å². The molecule has 3 rings (SSSR count). The zero-order valence-corrected chi connectivity index (χ0v) is 23.5. The smallest absolute Gasteiger partial charge is 0.408 e. The number of carboxylic acid groups (broad SMARTS) is 1. The lowest BCUT2D eigenvalue weighted by Crippen LogP contribution is -2.44. The van der Waals surface area contributed by atoms with E-state index in [4.69, 9.17) is 4.74 Å². The summed E-state index contributed by atoms with van der Waals surface area (Å²) in [5.41, 5.74) is 1.40. The van der Waals surface area contributed by atoms with Crippen molar-refractivity contribution in [3.63, 3.8) is 0 Å². The Hall–Kier alpha value is -2.08. The lowest BCUT2D eigenvalue weighted by atomic mass is 9.86. The molecule has 36 heavy (non-hydrogen) atoms. The van der Waals surface area contributed by atoms with Crippen LogP contribution in [-0.2, 0) is 21.4 Å². The van der Waals surface area contributed by atoms with E-state index in [0.29, 0.717) is 0 Å². The van der Waals surface area contributed by atoms with Crippen LogP contribution in [0.25, 0.3) is 0 Å². The Labute approximate surface area is 219 Å². The van der Waals surface area contributed by atoms with Gasteiger partial charge < -0.3 is 20.5 Å². The molecular weight excluding hydrogens is 452 g/mol. The molecule has 1 aromatic carbocycles. The van der Waals surface area contributed by atoms with Gasteiger partial charge in [0.2, 0.25) is 0 Å². The summed E-state index contributed by atoms with van der Waals surface area (Å²) in [7, 11) is 0. The number of alkyl carbamates (subject to hydrolysis) is 1. The number of benzene rings is 1. The summed E-state index contributed by atoms with van der Waals surface area (Å²) in [6, 6.07) is 8.49. The molecule has 6 heteroatoms. The highest BCUT2D eigenvalue weighted by Gasteiger charge is 2.24. The number of amides is 1. The third-order valence-electron chi connectivity index (χ3n) is 6.93. The molecule has 1 aromatic rings. The fourth-order valence-corrected chi connectivity index (χ4v) is 4.90. The van der Waals surface area contributed by atoms with E-state index < -0.39 is 23.7 Å². The zero-order chi connectivity index (χ0) is 26.8. The van der Waals surface area contributed by atoms with Gasteiger partial charge in [-0.25, -0.2) is 9.59 Å². The van der Waals surface area contributed by atoms with Crippen LogP contribution in [0, 0.1) is 0 Å². The van der Waals surface area contributed by atoms with Gasteiger partial charge in [0, 0.05) is 18.5 Å². The van der Waals surface area contributed by atoms with Gasteiger partial charge in [0.1, 0.15) is 11.6 Å². The van der Waals surface area contributed by atoms with Gasteiger partial charge in [-0.05, 0) is 63.0 Å². The monoisotopic (exact) mass is 502 g/mol. The van der Waals surface area contributed by atoms with Gasteiger partial charge in [-0.15, -0.1) is 0 Å². The van der Waals surface area contributed by atoms with Crippen LogP contribution in [0.15, 0.2) is 24.3 Å². The van der Waals surface area contributed by atoms with Crippen LogP contribution in [0.3, 0.4) is 0 Å². The van der Waals surface area contributed by atoms with Crippen LogP contribution in [0.5, 0.6) is 0 Å². The maximum Gasteiger partial charge on any atom is 0.408 e. The van der Waals surface area contributed by atoms with Gasteiger partial charge in [0.25, 0.3) is 0 Å². The Morgan fingerprint density at radius 2 is 1.33 bits per heavy atom. The molecule has 0 radical (unpaired) electrons. The van der Waals surface area contributed by atoms with Crippen molar-refractivity contribution in [1.82, 2.24) is 10.6 Å². The summed E-state index contributed by atoms with van der Waals surface area (Å²) in [6.45, 7) is 11.5. The van der Waals surface area contributed by atoms with Crippen molar-refractivity contribution >= 4 is 12.1 Å². The maximum absolute atomic E-state index is 11.8. The average molecular weight is 503 g/mol. The number of ether oxygens (including phenoxy) is 1. The summed E-state index contributed by atoms with van der Waals surface area (Å²) in [5.74, 6) is -1.09. The molecule has 0 aliphatic heterocycles. The largest absolute Gasteiger partial charge is 0.480 e. The molecule has 2 saturated carbocycles. The first-order valence-corrected chi connectivity index (χ1v) is 13.9. The average Bonchev–Trinajstić information content (AvgIpc) is 2.79. The quantitative estimate of drug-likeness (QED) is 0.401. The van der Waals surface area contributed by atoms with E-state index in [1.165, 1.54) is 69.8 Å². The molecule has 1 atom stereocenters. The second-order valence-electron chi connectivity index (χ2n) is 12.5. The standard InChI is InChI=1S/C18H27NO4.C12H23N/c1-17(2,3)13-9-7-12(8-10-13)11-14(15(20)21)19-16(22)23-18(4,5)6;1-3-7-11(8-4-1)13-12-9-5-2-6-10-12/h7-10,14H,11H2,1-6H3,(H,19,22)(H,20,21);11-13H,1-10H2/t14-;/m0./s1. The van der Waals surface area contributed by atoms with E-state index >= 15 is 0 Å². The van der Waals surface area contributed by atoms with Crippen molar-refractivity contribution in [2.75, 3.05) is 0 Å². The lowest BCUT2D eigenvalue weighted by Gasteiger charge is -2.30. The maximum atomic E-state index is 11.8. The van der Waals surface area contributed by atoms with Crippen LogP contribution < -0.4 is 10.6 Å². The number of rotatable bonds is 6. The molecule has 0 spiro atoms. The summed E-state index contributed by atoms with van der Waals surface area (Å²) >= 11 is 0. The molecule has 0 heterocycles. The fourth-order valence-electron chi connectivity index (χ4n) is 4.90. The first kappa shape index (κ1) is 30.1. The van der Waals surface area contributed by atoms with Gasteiger partial charge in [-0.2, -0.15) is 0 Å². The molecule has 1 amide bonds. The highest BCUT2D eigenvalue weighted by molar-refractivity contribution is 5.80. The number of nitrogens with one attached hydrogen (secondary N) is 2. The minimum atomic E-state index is -1.09. The molecule has 6 nitrogen and oxygen atoms in total. The molecule has 0 unspecified atom stereocenters. The van der Waals surface area contributed by atoms with Gasteiger partial charge in [0.05, 0.1) is 0 Å². The summed E-state index contributed by atoms with van der Waals surface area (Å²) < 4.78 is 5.11. The molecule has 0 saturated heterocycles. The highest BCUT2D eigenvalue weighted by atomic mass is 16.6. The number of hydrogen-bond donors (Lipinski definition) is 3. The minimum absolute atomic E-state index is 0.0412. The number of aliphatic carboxylic acids is 1. The first-order chi connectivity index (χ1) is 16.8. The predicted octanol–water partition coefficient (Wildman–Crippen LogP) is 6.75. The second-order valence-corrected chi connectivity index (χ2v) is 12.5. The van der Waals surface area contributed by atoms with E-state index in [9.17, 15) is 14.7 Å². The minimum Gasteiger partial charge on any atom is -0.480 e. The molecule has 2 fully saturated rings. The summed E-state index contributed by atoms with van der Waals surface area (Å²) in [5, 5.41) is 15.6. The van der Waals surface area contributed by atoms with E-state index in [0.717, 1.165) is 17.6 Å². The van der Waals surface area contributed by atoms with Crippen molar-refractivity contribution in [2.45, 2.75) is 141 Å². The Morgan fingerprint density at radius 1 is 0.861 bits per heavy atom. The van der Waals surface area contributed by atoms with E-state index in [1.54, 1.807) is 20.8 Å².